The van der Waals surface area contributed by atoms with Gasteiger partial charge in [0.15, 0.2) is 0 Å². The Morgan fingerprint density at radius 3 is 2.65 bits per heavy atom. The van der Waals surface area contributed by atoms with Crippen molar-refractivity contribution < 1.29 is 9.53 Å². The highest BCUT2D eigenvalue weighted by atomic mass is 16.5. The molecule has 1 rings (SSSR count). The molecule has 112 valence electrons. The number of ether oxygens (including phenoxy) is 1. The summed E-state index contributed by atoms with van der Waals surface area (Å²) in [6.07, 6.45) is 2.85. The summed E-state index contributed by atoms with van der Waals surface area (Å²) in [5.41, 5.74) is 3.31. The van der Waals surface area contributed by atoms with Crippen molar-refractivity contribution in [3.63, 3.8) is 0 Å². The fourth-order valence-corrected chi connectivity index (χ4v) is 2.18. The molecule has 0 aromatic heterocycles. The van der Waals surface area contributed by atoms with Gasteiger partial charge in [-0.25, -0.2) is 4.79 Å². The van der Waals surface area contributed by atoms with E-state index in [2.05, 4.69) is 36.2 Å². The number of anilines is 2. The van der Waals surface area contributed by atoms with Crippen LogP contribution in [-0.4, -0.2) is 33.2 Å². The predicted octanol–water partition coefficient (Wildman–Crippen LogP) is 3.20. The molecule has 0 radical (unpaired) electrons. The number of hydrogen-bond acceptors (Lipinski definition) is 4. The number of methoxy groups -OCH3 is 1. The minimum atomic E-state index is -0.280. The van der Waals surface area contributed by atoms with Crippen LogP contribution in [0.3, 0.4) is 0 Å². The first-order chi connectivity index (χ1) is 9.49. The van der Waals surface area contributed by atoms with Gasteiger partial charge in [-0.05, 0) is 31.0 Å². The Morgan fingerprint density at radius 1 is 1.40 bits per heavy atom. The molecule has 0 fully saturated rings. The summed E-state index contributed by atoms with van der Waals surface area (Å²) in [4.78, 5) is 13.9. The largest absolute Gasteiger partial charge is 0.467 e. The monoisotopic (exact) mass is 278 g/mol. The first-order valence-electron chi connectivity index (χ1n) is 7.12. The Bertz CT molecular complexity index is 444. The van der Waals surface area contributed by atoms with Gasteiger partial charge >= 0.3 is 5.97 Å². The molecule has 0 heterocycles. The molecule has 0 aliphatic carbocycles. The normalized spacial score (nSPS) is 11.8. The second-order valence-corrected chi connectivity index (χ2v) is 5.26. The summed E-state index contributed by atoms with van der Waals surface area (Å²) in [7, 11) is 5.46. The summed E-state index contributed by atoms with van der Waals surface area (Å²) < 4.78 is 4.87. The molecule has 20 heavy (non-hydrogen) atoms. The number of rotatable bonds is 7. The summed E-state index contributed by atoms with van der Waals surface area (Å²) in [5, 5.41) is 3.29. The molecule has 0 bridgehead atoms. The molecule has 1 N–H and O–H groups in total. The van der Waals surface area contributed by atoms with Crippen LogP contribution in [0.5, 0.6) is 0 Å². The molecule has 0 aliphatic rings. The Labute approximate surface area is 122 Å². The minimum absolute atomic E-state index is 0.203. The van der Waals surface area contributed by atoms with Crippen LogP contribution in [-0.2, 0) is 9.53 Å². The van der Waals surface area contributed by atoms with E-state index in [0.29, 0.717) is 0 Å². The first kappa shape index (κ1) is 16.3. The van der Waals surface area contributed by atoms with Gasteiger partial charge in [-0.2, -0.15) is 0 Å². The molecular weight excluding hydrogens is 252 g/mol. The van der Waals surface area contributed by atoms with Crippen molar-refractivity contribution in [1.82, 2.24) is 0 Å². The van der Waals surface area contributed by atoms with Crippen molar-refractivity contribution in [3.05, 3.63) is 23.8 Å². The summed E-state index contributed by atoms with van der Waals surface area (Å²) >= 11 is 0. The van der Waals surface area contributed by atoms with Crippen LogP contribution in [0.15, 0.2) is 18.2 Å². The standard InChI is InChI=1S/C16H26N2O2/c1-6-7-8-14(16(19)20-5)17-13-10-9-12(2)15(11-13)18(3)4/h9-11,14,17H,6-8H2,1-5H3. The van der Waals surface area contributed by atoms with E-state index in [4.69, 9.17) is 4.74 Å². The molecule has 0 spiro atoms. The molecule has 1 unspecified atom stereocenters. The van der Waals surface area contributed by atoms with Crippen LogP contribution >= 0.6 is 0 Å². The quantitative estimate of drug-likeness (QED) is 0.778. The number of esters is 1. The van der Waals surface area contributed by atoms with Crippen molar-refractivity contribution in [1.29, 1.82) is 0 Å². The van der Waals surface area contributed by atoms with E-state index in [0.717, 1.165) is 30.6 Å². The van der Waals surface area contributed by atoms with Gasteiger partial charge in [-0.3, -0.25) is 0 Å². The number of unbranched alkanes of at least 4 members (excludes halogenated alkanes) is 1. The Morgan fingerprint density at radius 2 is 2.10 bits per heavy atom. The van der Waals surface area contributed by atoms with E-state index in [1.165, 1.54) is 12.7 Å². The van der Waals surface area contributed by atoms with E-state index in [1.54, 1.807) is 0 Å². The molecule has 0 aliphatic heterocycles. The van der Waals surface area contributed by atoms with Crippen LogP contribution < -0.4 is 10.2 Å². The number of hydrogen-bond donors (Lipinski definition) is 1. The number of carbonyl (C=O) groups is 1. The average Bonchev–Trinajstić information content (AvgIpc) is 2.43. The van der Waals surface area contributed by atoms with Crippen LogP contribution in [0.1, 0.15) is 31.7 Å². The van der Waals surface area contributed by atoms with Crippen LogP contribution in [0.4, 0.5) is 11.4 Å². The van der Waals surface area contributed by atoms with Crippen molar-refractivity contribution in [2.75, 3.05) is 31.4 Å². The van der Waals surface area contributed by atoms with Gasteiger partial charge in [-0.1, -0.05) is 25.8 Å². The van der Waals surface area contributed by atoms with Crippen molar-refractivity contribution in [2.24, 2.45) is 0 Å². The number of aryl methyl sites for hydroxylation is 1. The fraction of sp³-hybridized carbons (Fsp3) is 0.562. The minimum Gasteiger partial charge on any atom is -0.467 e. The highest BCUT2D eigenvalue weighted by Crippen LogP contribution is 2.23. The first-order valence-corrected chi connectivity index (χ1v) is 7.12. The lowest BCUT2D eigenvalue weighted by molar-refractivity contribution is -0.141. The average molecular weight is 278 g/mol. The second kappa shape index (κ2) is 7.78. The zero-order valence-corrected chi connectivity index (χ0v) is 13.2. The van der Waals surface area contributed by atoms with E-state index < -0.39 is 0 Å². The van der Waals surface area contributed by atoms with E-state index in [1.807, 2.05) is 20.2 Å². The van der Waals surface area contributed by atoms with Crippen LogP contribution in [0, 0.1) is 6.92 Å². The topological polar surface area (TPSA) is 41.6 Å². The van der Waals surface area contributed by atoms with Crippen molar-refractivity contribution in [2.45, 2.75) is 39.2 Å². The van der Waals surface area contributed by atoms with E-state index >= 15 is 0 Å². The molecule has 1 aromatic rings. The van der Waals surface area contributed by atoms with E-state index in [9.17, 15) is 4.79 Å². The zero-order valence-electron chi connectivity index (χ0n) is 13.2. The zero-order chi connectivity index (χ0) is 15.1. The maximum absolute atomic E-state index is 11.8. The van der Waals surface area contributed by atoms with Gasteiger partial charge in [0.2, 0.25) is 0 Å². The van der Waals surface area contributed by atoms with Crippen molar-refractivity contribution in [3.8, 4) is 0 Å². The Kier molecular flexibility index (Phi) is 6.36. The number of nitrogens with zero attached hydrogens (tertiary/aromatic N) is 1. The van der Waals surface area contributed by atoms with Gasteiger partial charge in [0.1, 0.15) is 6.04 Å². The third-order valence-electron chi connectivity index (χ3n) is 3.36. The predicted molar refractivity (Wildman–Crippen MR) is 84.5 cm³/mol. The van der Waals surface area contributed by atoms with Gasteiger partial charge in [0, 0.05) is 25.5 Å². The van der Waals surface area contributed by atoms with Gasteiger partial charge < -0.3 is 15.0 Å². The maximum atomic E-state index is 11.8. The van der Waals surface area contributed by atoms with Crippen molar-refractivity contribution >= 4 is 17.3 Å². The summed E-state index contributed by atoms with van der Waals surface area (Å²) in [6, 6.07) is 5.85. The summed E-state index contributed by atoms with van der Waals surface area (Å²) in [5.74, 6) is -0.203. The lowest BCUT2D eigenvalue weighted by Crippen LogP contribution is -2.30. The molecule has 0 amide bonds. The van der Waals surface area contributed by atoms with Gasteiger partial charge in [-0.15, -0.1) is 0 Å². The molecule has 0 saturated heterocycles. The summed E-state index contributed by atoms with van der Waals surface area (Å²) in [6.45, 7) is 4.19. The third kappa shape index (κ3) is 4.44. The van der Waals surface area contributed by atoms with Crippen LogP contribution in [0.2, 0.25) is 0 Å². The fourth-order valence-electron chi connectivity index (χ4n) is 2.18. The molecule has 0 saturated carbocycles. The lowest BCUT2D eigenvalue weighted by atomic mass is 10.1. The van der Waals surface area contributed by atoms with Crippen LogP contribution in [0.25, 0.3) is 0 Å². The molecule has 4 heteroatoms. The molecular formula is C16H26N2O2. The molecule has 1 aromatic carbocycles. The van der Waals surface area contributed by atoms with Gasteiger partial charge in [0.25, 0.3) is 0 Å². The smallest absolute Gasteiger partial charge is 0.328 e. The Hall–Kier alpha value is -1.71. The SMILES string of the molecule is CCCCC(Nc1ccc(C)c(N(C)C)c1)C(=O)OC. The lowest BCUT2D eigenvalue weighted by Gasteiger charge is -2.21. The van der Waals surface area contributed by atoms with E-state index in [-0.39, 0.29) is 12.0 Å². The highest BCUT2D eigenvalue weighted by Gasteiger charge is 2.18. The second-order valence-electron chi connectivity index (χ2n) is 5.26. The third-order valence-corrected chi connectivity index (χ3v) is 3.36. The molecule has 4 nitrogen and oxygen atoms in total. The number of benzene rings is 1. The highest BCUT2D eigenvalue weighted by molar-refractivity contribution is 5.79. The maximum Gasteiger partial charge on any atom is 0.328 e. The Balaban J connectivity index is 2.87. The number of nitrogens with one attached hydrogen (secondary N) is 1. The molecule has 1 atom stereocenters. The van der Waals surface area contributed by atoms with Gasteiger partial charge in [0.05, 0.1) is 7.11 Å². The number of carbonyl (C=O) groups excluding carboxylic acids is 1.